The minimum absolute atomic E-state index is 0. The van der Waals surface area contributed by atoms with Crippen LogP contribution in [0.5, 0.6) is 0 Å². The van der Waals surface area contributed by atoms with E-state index >= 15 is 0 Å². The zero-order valence-electron chi connectivity index (χ0n) is 13.8. The fourth-order valence-corrected chi connectivity index (χ4v) is 2.03. The molecule has 0 fully saturated rings. The van der Waals surface area contributed by atoms with Crippen molar-refractivity contribution in [2.45, 2.75) is 32.7 Å². The molecule has 0 bridgehead atoms. The lowest BCUT2D eigenvalue weighted by atomic mass is 10.3. The second kappa shape index (κ2) is 11.1. The summed E-state index contributed by atoms with van der Waals surface area (Å²) in [6, 6.07) is 5.88. The molecule has 7 heteroatoms. The summed E-state index contributed by atoms with van der Waals surface area (Å²) in [6.45, 7) is 4.50. The van der Waals surface area contributed by atoms with Crippen molar-refractivity contribution in [2.75, 3.05) is 13.1 Å². The summed E-state index contributed by atoms with van der Waals surface area (Å²) in [4.78, 5) is 4.62. The van der Waals surface area contributed by atoms with Gasteiger partial charge in [0.05, 0.1) is 18.5 Å². The van der Waals surface area contributed by atoms with E-state index in [9.17, 15) is 0 Å². The first-order chi connectivity index (χ1) is 10.8. The fourth-order valence-electron chi connectivity index (χ4n) is 2.03. The van der Waals surface area contributed by atoms with Gasteiger partial charge in [-0.3, -0.25) is 4.68 Å². The Morgan fingerprint density at radius 2 is 2.13 bits per heavy atom. The van der Waals surface area contributed by atoms with Crippen molar-refractivity contribution in [3.05, 3.63) is 42.1 Å². The third-order valence-electron chi connectivity index (χ3n) is 3.39. The average molecular weight is 431 g/mol. The molecule has 0 atom stereocenters. The number of hydrogen-bond acceptors (Lipinski definition) is 3. The maximum absolute atomic E-state index is 5.34. The van der Waals surface area contributed by atoms with E-state index in [1.54, 1.807) is 12.5 Å². The minimum atomic E-state index is 0. The van der Waals surface area contributed by atoms with Crippen LogP contribution in [0.15, 0.2) is 40.1 Å². The highest BCUT2D eigenvalue weighted by molar-refractivity contribution is 14.0. The number of aromatic nitrogens is 2. The second-order valence-corrected chi connectivity index (χ2v) is 5.15. The quantitative estimate of drug-likeness (QED) is 0.292. The van der Waals surface area contributed by atoms with E-state index in [4.69, 9.17) is 4.42 Å². The fraction of sp³-hybridized carbons (Fsp3) is 0.500. The molecule has 23 heavy (non-hydrogen) atoms. The smallest absolute Gasteiger partial charge is 0.191 e. The van der Waals surface area contributed by atoms with Gasteiger partial charge in [0.15, 0.2) is 5.96 Å². The topological polar surface area (TPSA) is 67.4 Å². The van der Waals surface area contributed by atoms with Crippen molar-refractivity contribution in [3.8, 4) is 0 Å². The third-order valence-corrected chi connectivity index (χ3v) is 3.39. The van der Waals surface area contributed by atoms with Crippen molar-refractivity contribution < 1.29 is 4.42 Å². The standard InChI is InChI=1S/C16H25N5O.HI/c1-3-4-9-17-16(18-10-8-15-6-5-12-22-15)19-13-14-7-11-20-21(14)2;/h5-7,11-12H,3-4,8-10,13H2,1-2H3,(H2,17,18,19);1H. The van der Waals surface area contributed by atoms with Crippen molar-refractivity contribution in [3.63, 3.8) is 0 Å². The molecule has 0 aliphatic heterocycles. The molecule has 0 aliphatic rings. The first kappa shape index (κ1) is 19.5. The molecular weight excluding hydrogens is 405 g/mol. The summed E-state index contributed by atoms with van der Waals surface area (Å²) in [7, 11) is 1.93. The Morgan fingerprint density at radius 1 is 1.30 bits per heavy atom. The highest BCUT2D eigenvalue weighted by Gasteiger charge is 2.02. The SMILES string of the molecule is CCCCNC(=NCc1ccnn1C)NCCc1ccco1.I. The van der Waals surface area contributed by atoms with Gasteiger partial charge in [-0.05, 0) is 24.6 Å². The number of nitrogens with zero attached hydrogens (tertiary/aromatic N) is 3. The zero-order chi connectivity index (χ0) is 15.6. The Kier molecular flexibility index (Phi) is 9.42. The van der Waals surface area contributed by atoms with Gasteiger partial charge in [0, 0.05) is 32.8 Å². The van der Waals surface area contributed by atoms with Crippen LogP contribution in [0.25, 0.3) is 0 Å². The number of unbranched alkanes of at least 4 members (excludes halogenated alkanes) is 1. The Bertz CT molecular complexity index is 565. The molecule has 2 rings (SSSR count). The van der Waals surface area contributed by atoms with Gasteiger partial charge in [0.25, 0.3) is 0 Å². The van der Waals surface area contributed by atoms with Gasteiger partial charge in [0.1, 0.15) is 5.76 Å². The predicted molar refractivity (Wildman–Crippen MR) is 103 cm³/mol. The maximum atomic E-state index is 5.34. The molecule has 2 N–H and O–H groups in total. The van der Waals surface area contributed by atoms with E-state index in [1.165, 1.54) is 0 Å². The Balaban J connectivity index is 0.00000264. The van der Waals surface area contributed by atoms with Gasteiger partial charge in [-0.2, -0.15) is 5.10 Å². The molecule has 6 nitrogen and oxygen atoms in total. The Labute approximate surface area is 154 Å². The van der Waals surface area contributed by atoms with Crippen LogP contribution in [0.4, 0.5) is 0 Å². The number of aryl methyl sites for hydroxylation is 1. The van der Waals surface area contributed by atoms with Crippen LogP contribution in [-0.2, 0) is 20.0 Å². The van der Waals surface area contributed by atoms with E-state index < -0.39 is 0 Å². The molecular formula is C16H26IN5O. The summed E-state index contributed by atoms with van der Waals surface area (Å²) in [5.74, 6) is 1.81. The highest BCUT2D eigenvalue weighted by atomic mass is 127. The highest BCUT2D eigenvalue weighted by Crippen LogP contribution is 2.00. The first-order valence-corrected chi connectivity index (χ1v) is 7.81. The molecule has 2 heterocycles. The zero-order valence-corrected chi connectivity index (χ0v) is 16.1. The van der Waals surface area contributed by atoms with Crippen molar-refractivity contribution >= 4 is 29.9 Å². The number of furan rings is 1. The van der Waals surface area contributed by atoms with Crippen LogP contribution >= 0.6 is 24.0 Å². The van der Waals surface area contributed by atoms with E-state index in [-0.39, 0.29) is 24.0 Å². The Morgan fingerprint density at radius 3 is 2.78 bits per heavy atom. The maximum Gasteiger partial charge on any atom is 0.191 e. The van der Waals surface area contributed by atoms with Crippen LogP contribution in [0, 0.1) is 0 Å². The van der Waals surface area contributed by atoms with Gasteiger partial charge in [-0.15, -0.1) is 24.0 Å². The van der Waals surface area contributed by atoms with E-state index in [0.29, 0.717) is 6.54 Å². The molecule has 0 unspecified atom stereocenters. The molecule has 0 saturated carbocycles. The van der Waals surface area contributed by atoms with Crippen LogP contribution in [0.1, 0.15) is 31.2 Å². The molecule has 0 radical (unpaired) electrons. The normalized spacial score (nSPS) is 11.1. The Hall–Kier alpha value is -1.51. The lowest BCUT2D eigenvalue weighted by Crippen LogP contribution is -2.39. The summed E-state index contributed by atoms with van der Waals surface area (Å²) < 4.78 is 7.18. The number of aliphatic imine (C=N–C) groups is 1. The van der Waals surface area contributed by atoms with Gasteiger partial charge < -0.3 is 15.1 Å². The van der Waals surface area contributed by atoms with Gasteiger partial charge >= 0.3 is 0 Å². The summed E-state index contributed by atoms with van der Waals surface area (Å²) in [6.07, 6.45) is 6.62. The number of guanidine groups is 1. The number of nitrogens with one attached hydrogen (secondary N) is 2. The van der Waals surface area contributed by atoms with E-state index in [0.717, 1.165) is 49.8 Å². The second-order valence-electron chi connectivity index (χ2n) is 5.15. The molecule has 2 aromatic rings. The van der Waals surface area contributed by atoms with Crippen LogP contribution in [-0.4, -0.2) is 28.8 Å². The molecule has 0 saturated heterocycles. The third kappa shape index (κ3) is 7.06. The summed E-state index contributed by atoms with van der Waals surface area (Å²) in [5, 5.41) is 10.9. The van der Waals surface area contributed by atoms with E-state index in [2.05, 4.69) is 27.6 Å². The lowest BCUT2D eigenvalue weighted by Gasteiger charge is -2.12. The average Bonchev–Trinajstić information content (AvgIpc) is 3.16. The van der Waals surface area contributed by atoms with Gasteiger partial charge in [-0.1, -0.05) is 13.3 Å². The summed E-state index contributed by atoms with van der Waals surface area (Å²) in [5.41, 5.74) is 1.09. The molecule has 128 valence electrons. The van der Waals surface area contributed by atoms with Crippen LogP contribution in [0.3, 0.4) is 0 Å². The molecule has 0 aliphatic carbocycles. The van der Waals surface area contributed by atoms with Crippen molar-refractivity contribution in [1.82, 2.24) is 20.4 Å². The van der Waals surface area contributed by atoms with Crippen molar-refractivity contribution in [1.29, 1.82) is 0 Å². The number of halogens is 1. The minimum Gasteiger partial charge on any atom is -0.469 e. The number of hydrogen-bond donors (Lipinski definition) is 2. The summed E-state index contributed by atoms with van der Waals surface area (Å²) >= 11 is 0. The number of rotatable bonds is 8. The first-order valence-electron chi connectivity index (χ1n) is 7.81. The van der Waals surface area contributed by atoms with Gasteiger partial charge in [0.2, 0.25) is 0 Å². The van der Waals surface area contributed by atoms with E-state index in [1.807, 2.05) is 29.9 Å². The molecule has 2 aromatic heterocycles. The molecule has 0 amide bonds. The molecule has 0 spiro atoms. The largest absolute Gasteiger partial charge is 0.469 e. The molecule has 0 aromatic carbocycles. The van der Waals surface area contributed by atoms with Crippen LogP contribution in [0.2, 0.25) is 0 Å². The van der Waals surface area contributed by atoms with Crippen LogP contribution < -0.4 is 10.6 Å². The lowest BCUT2D eigenvalue weighted by molar-refractivity contribution is 0.506. The van der Waals surface area contributed by atoms with Crippen molar-refractivity contribution in [2.24, 2.45) is 12.0 Å². The van der Waals surface area contributed by atoms with Gasteiger partial charge in [-0.25, -0.2) is 4.99 Å². The monoisotopic (exact) mass is 431 g/mol. The predicted octanol–water partition coefficient (Wildman–Crippen LogP) is 2.71.